The lowest BCUT2D eigenvalue weighted by atomic mass is 10.1. The van der Waals surface area contributed by atoms with E-state index >= 15 is 0 Å². The number of fused-ring (bicyclic) bond motifs is 1. The summed E-state index contributed by atoms with van der Waals surface area (Å²) in [6, 6.07) is 8.64. The van der Waals surface area contributed by atoms with Crippen molar-refractivity contribution in [1.29, 1.82) is 0 Å². The number of piperazine rings is 1. The quantitative estimate of drug-likeness (QED) is 0.846. The summed E-state index contributed by atoms with van der Waals surface area (Å²) in [7, 11) is 0. The Hall–Kier alpha value is -1.69. The minimum Gasteiger partial charge on any atom is -0.472 e. The van der Waals surface area contributed by atoms with Crippen molar-refractivity contribution in [3.8, 4) is 0 Å². The Morgan fingerprint density at radius 3 is 3.04 bits per heavy atom. The van der Waals surface area contributed by atoms with Gasteiger partial charge in [-0.2, -0.15) is 0 Å². The number of hydrogen-bond acceptors (Lipinski definition) is 5. The zero-order chi connectivity index (χ0) is 15.5. The molecule has 0 N–H and O–H groups in total. The number of hydrogen-bond donors (Lipinski definition) is 0. The molecular formula is C18H23N3O2. The highest BCUT2D eigenvalue weighted by molar-refractivity contribution is 5.06. The molecule has 0 bridgehead atoms. The Morgan fingerprint density at radius 2 is 2.22 bits per heavy atom. The van der Waals surface area contributed by atoms with Gasteiger partial charge in [0.25, 0.3) is 0 Å². The fourth-order valence-corrected chi connectivity index (χ4v) is 3.65. The van der Waals surface area contributed by atoms with E-state index in [1.54, 1.807) is 6.26 Å². The fourth-order valence-electron chi connectivity index (χ4n) is 3.65. The van der Waals surface area contributed by atoms with Crippen LogP contribution in [0.1, 0.15) is 17.7 Å². The molecule has 122 valence electrons. The Labute approximate surface area is 136 Å². The SMILES string of the molecule is c1ccc(CO[C@@H]2C[C@H]3CN(Cc4ccoc4)CCN3C2)nc1. The third kappa shape index (κ3) is 3.63. The molecule has 0 spiro atoms. The molecule has 0 amide bonds. The van der Waals surface area contributed by atoms with Crippen molar-refractivity contribution in [1.82, 2.24) is 14.8 Å². The van der Waals surface area contributed by atoms with Crippen LogP contribution in [-0.2, 0) is 17.9 Å². The van der Waals surface area contributed by atoms with Gasteiger partial charge in [0.2, 0.25) is 0 Å². The van der Waals surface area contributed by atoms with Crippen LogP contribution in [0.3, 0.4) is 0 Å². The molecule has 0 aromatic carbocycles. The average Bonchev–Trinajstić information content (AvgIpc) is 3.23. The van der Waals surface area contributed by atoms with Crippen molar-refractivity contribution in [2.75, 3.05) is 26.2 Å². The molecule has 2 atom stereocenters. The van der Waals surface area contributed by atoms with Crippen LogP contribution in [0.4, 0.5) is 0 Å². The summed E-state index contributed by atoms with van der Waals surface area (Å²) in [5.41, 5.74) is 2.28. The maximum atomic E-state index is 6.08. The molecule has 0 saturated carbocycles. The van der Waals surface area contributed by atoms with E-state index in [1.807, 2.05) is 30.7 Å². The van der Waals surface area contributed by atoms with Gasteiger partial charge in [0.05, 0.1) is 30.9 Å². The molecule has 2 aromatic rings. The highest BCUT2D eigenvalue weighted by Gasteiger charge is 2.36. The second-order valence-corrected chi connectivity index (χ2v) is 6.51. The van der Waals surface area contributed by atoms with Crippen molar-refractivity contribution in [2.45, 2.75) is 31.7 Å². The van der Waals surface area contributed by atoms with E-state index in [0.29, 0.717) is 18.8 Å². The third-order valence-corrected chi connectivity index (χ3v) is 4.84. The fraction of sp³-hybridized carbons (Fsp3) is 0.500. The molecule has 0 radical (unpaired) electrons. The molecule has 2 aliphatic heterocycles. The Balaban J connectivity index is 1.27. The first-order valence-corrected chi connectivity index (χ1v) is 8.36. The van der Waals surface area contributed by atoms with Crippen LogP contribution in [0.25, 0.3) is 0 Å². The largest absolute Gasteiger partial charge is 0.472 e. The molecule has 5 nitrogen and oxygen atoms in total. The standard InChI is InChI=1S/C18H23N3O2/c1-2-5-19-16(3-1)14-23-18-9-17-11-20(6-7-21(17)12-18)10-15-4-8-22-13-15/h1-5,8,13,17-18H,6-7,9-12,14H2/t17-,18+/m0/s1. The first-order valence-electron chi connectivity index (χ1n) is 8.36. The molecule has 0 aliphatic carbocycles. The molecule has 0 unspecified atom stereocenters. The highest BCUT2D eigenvalue weighted by atomic mass is 16.5. The van der Waals surface area contributed by atoms with Crippen molar-refractivity contribution in [2.24, 2.45) is 0 Å². The van der Waals surface area contributed by atoms with Gasteiger partial charge in [0.1, 0.15) is 0 Å². The Bertz CT molecular complexity index is 602. The summed E-state index contributed by atoms with van der Waals surface area (Å²) in [4.78, 5) is 9.43. The maximum absolute atomic E-state index is 6.08. The Morgan fingerprint density at radius 1 is 1.22 bits per heavy atom. The van der Waals surface area contributed by atoms with Gasteiger partial charge in [-0.05, 0) is 24.6 Å². The predicted octanol–water partition coefficient (Wildman–Crippen LogP) is 2.15. The number of rotatable bonds is 5. The smallest absolute Gasteiger partial charge is 0.0947 e. The summed E-state index contributed by atoms with van der Waals surface area (Å²) in [5.74, 6) is 0. The number of pyridine rings is 1. The van der Waals surface area contributed by atoms with Crippen LogP contribution in [0.15, 0.2) is 47.4 Å². The van der Waals surface area contributed by atoms with Crippen LogP contribution >= 0.6 is 0 Å². The van der Waals surface area contributed by atoms with Gasteiger partial charge in [-0.1, -0.05) is 6.07 Å². The van der Waals surface area contributed by atoms with Gasteiger partial charge in [-0.25, -0.2) is 0 Å². The third-order valence-electron chi connectivity index (χ3n) is 4.84. The maximum Gasteiger partial charge on any atom is 0.0947 e. The van der Waals surface area contributed by atoms with E-state index in [2.05, 4.69) is 20.9 Å². The molecule has 2 aliphatic rings. The van der Waals surface area contributed by atoms with E-state index in [-0.39, 0.29) is 0 Å². The van der Waals surface area contributed by atoms with Gasteiger partial charge in [0, 0.05) is 50.5 Å². The lowest BCUT2D eigenvalue weighted by molar-refractivity contribution is 0.0440. The van der Waals surface area contributed by atoms with E-state index in [0.717, 1.165) is 44.8 Å². The predicted molar refractivity (Wildman–Crippen MR) is 86.8 cm³/mol. The van der Waals surface area contributed by atoms with Crippen molar-refractivity contribution in [3.63, 3.8) is 0 Å². The zero-order valence-electron chi connectivity index (χ0n) is 13.3. The highest BCUT2D eigenvalue weighted by Crippen LogP contribution is 2.25. The van der Waals surface area contributed by atoms with Crippen LogP contribution < -0.4 is 0 Å². The summed E-state index contributed by atoms with van der Waals surface area (Å²) >= 11 is 0. The molecule has 2 fully saturated rings. The number of ether oxygens (including phenoxy) is 1. The Kier molecular flexibility index (Phi) is 4.41. The van der Waals surface area contributed by atoms with E-state index in [9.17, 15) is 0 Å². The minimum atomic E-state index is 0.330. The molecular weight excluding hydrogens is 290 g/mol. The van der Waals surface area contributed by atoms with Gasteiger partial charge in [0.15, 0.2) is 0 Å². The van der Waals surface area contributed by atoms with Gasteiger partial charge in [-0.3, -0.25) is 14.8 Å². The van der Waals surface area contributed by atoms with Gasteiger partial charge < -0.3 is 9.15 Å². The molecule has 4 heterocycles. The zero-order valence-corrected chi connectivity index (χ0v) is 13.3. The first-order chi connectivity index (χ1) is 11.4. The van der Waals surface area contributed by atoms with E-state index in [4.69, 9.17) is 9.15 Å². The molecule has 2 aromatic heterocycles. The second-order valence-electron chi connectivity index (χ2n) is 6.51. The van der Waals surface area contributed by atoms with E-state index in [1.165, 1.54) is 5.56 Å². The van der Waals surface area contributed by atoms with Crippen LogP contribution in [0.5, 0.6) is 0 Å². The van der Waals surface area contributed by atoms with Crippen molar-refractivity contribution >= 4 is 0 Å². The summed E-state index contributed by atoms with van der Waals surface area (Å²) in [6.07, 6.45) is 6.87. The van der Waals surface area contributed by atoms with Crippen molar-refractivity contribution in [3.05, 3.63) is 54.2 Å². The van der Waals surface area contributed by atoms with E-state index < -0.39 is 0 Å². The summed E-state index contributed by atoms with van der Waals surface area (Å²) in [6.45, 7) is 6.03. The molecule has 2 saturated heterocycles. The number of nitrogens with zero attached hydrogens (tertiary/aromatic N) is 3. The summed E-state index contributed by atoms with van der Waals surface area (Å²) in [5, 5.41) is 0. The topological polar surface area (TPSA) is 41.7 Å². The monoisotopic (exact) mass is 313 g/mol. The lowest BCUT2D eigenvalue weighted by Crippen LogP contribution is -2.49. The molecule has 23 heavy (non-hydrogen) atoms. The lowest BCUT2D eigenvalue weighted by Gasteiger charge is -2.37. The van der Waals surface area contributed by atoms with Gasteiger partial charge >= 0.3 is 0 Å². The molecule has 5 heteroatoms. The van der Waals surface area contributed by atoms with Crippen LogP contribution in [0, 0.1) is 0 Å². The summed E-state index contributed by atoms with van der Waals surface area (Å²) < 4.78 is 11.3. The van der Waals surface area contributed by atoms with Crippen LogP contribution in [-0.4, -0.2) is 53.1 Å². The number of aromatic nitrogens is 1. The second kappa shape index (κ2) is 6.83. The normalized spacial score (nSPS) is 25.6. The molecule has 4 rings (SSSR count). The number of furan rings is 1. The van der Waals surface area contributed by atoms with Crippen LogP contribution in [0.2, 0.25) is 0 Å². The average molecular weight is 313 g/mol. The minimum absolute atomic E-state index is 0.330. The van der Waals surface area contributed by atoms with Gasteiger partial charge in [-0.15, -0.1) is 0 Å². The van der Waals surface area contributed by atoms with Crippen molar-refractivity contribution < 1.29 is 9.15 Å². The first kappa shape index (κ1) is 14.9.